The standard InChI is InChI=1S/C22H23N3O3/c26-20(17-7-4-8-18-19(17)14-24-21(18)27)23-13-15-9-11-25(12-10-15)22(28)16-5-2-1-3-6-16/h1-8,15H,9-14H2,(H,23,26)(H,24,27). The first-order valence-corrected chi connectivity index (χ1v) is 9.66. The van der Waals surface area contributed by atoms with E-state index in [-0.39, 0.29) is 17.7 Å². The van der Waals surface area contributed by atoms with Crippen molar-refractivity contribution in [1.82, 2.24) is 15.5 Å². The number of amides is 3. The molecular formula is C22H23N3O3. The van der Waals surface area contributed by atoms with Crippen LogP contribution in [0.25, 0.3) is 0 Å². The molecule has 1 saturated heterocycles. The molecule has 144 valence electrons. The third-order valence-corrected chi connectivity index (χ3v) is 5.56. The van der Waals surface area contributed by atoms with Gasteiger partial charge in [0.25, 0.3) is 17.7 Å². The van der Waals surface area contributed by atoms with Crippen molar-refractivity contribution < 1.29 is 14.4 Å². The van der Waals surface area contributed by atoms with Gasteiger partial charge in [-0.1, -0.05) is 24.3 Å². The van der Waals surface area contributed by atoms with Crippen molar-refractivity contribution in [3.05, 3.63) is 70.8 Å². The van der Waals surface area contributed by atoms with Gasteiger partial charge in [-0.15, -0.1) is 0 Å². The van der Waals surface area contributed by atoms with Crippen LogP contribution in [0.3, 0.4) is 0 Å². The minimum absolute atomic E-state index is 0.0695. The Hall–Kier alpha value is -3.15. The van der Waals surface area contributed by atoms with E-state index in [1.165, 1.54) is 0 Å². The summed E-state index contributed by atoms with van der Waals surface area (Å²) >= 11 is 0. The molecule has 0 saturated carbocycles. The molecule has 0 aliphatic carbocycles. The molecule has 2 N–H and O–H groups in total. The van der Waals surface area contributed by atoms with Gasteiger partial charge in [-0.25, -0.2) is 0 Å². The maximum atomic E-state index is 12.6. The molecule has 2 aliphatic heterocycles. The average molecular weight is 377 g/mol. The number of hydrogen-bond acceptors (Lipinski definition) is 3. The highest BCUT2D eigenvalue weighted by Gasteiger charge is 2.26. The van der Waals surface area contributed by atoms with Crippen molar-refractivity contribution in [1.29, 1.82) is 0 Å². The van der Waals surface area contributed by atoms with E-state index in [1.807, 2.05) is 35.2 Å². The van der Waals surface area contributed by atoms with Crippen LogP contribution in [0, 0.1) is 5.92 Å². The van der Waals surface area contributed by atoms with Crippen molar-refractivity contribution in [3.63, 3.8) is 0 Å². The maximum absolute atomic E-state index is 12.6. The van der Waals surface area contributed by atoms with E-state index >= 15 is 0 Å². The average Bonchev–Trinajstić information content (AvgIpc) is 3.13. The Labute approximate surface area is 163 Å². The van der Waals surface area contributed by atoms with Crippen LogP contribution in [0.15, 0.2) is 48.5 Å². The van der Waals surface area contributed by atoms with Crippen LogP contribution in [-0.4, -0.2) is 42.3 Å². The summed E-state index contributed by atoms with van der Waals surface area (Å²) in [5.74, 6) is 0.150. The van der Waals surface area contributed by atoms with E-state index in [0.717, 1.165) is 24.0 Å². The lowest BCUT2D eigenvalue weighted by atomic mass is 9.95. The molecule has 0 aromatic heterocycles. The van der Waals surface area contributed by atoms with Crippen LogP contribution in [0.2, 0.25) is 0 Å². The molecule has 6 heteroatoms. The number of rotatable bonds is 4. The van der Waals surface area contributed by atoms with Crippen molar-refractivity contribution >= 4 is 17.7 Å². The summed E-state index contributed by atoms with van der Waals surface area (Å²) in [6.07, 6.45) is 1.73. The fourth-order valence-electron chi connectivity index (χ4n) is 3.90. The zero-order valence-corrected chi connectivity index (χ0v) is 15.6. The molecule has 2 aliphatic rings. The highest BCUT2D eigenvalue weighted by Crippen LogP contribution is 2.21. The zero-order valence-electron chi connectivity index (χ0n) is 15.6. The normalized spacial score (nSPS) is 16.4. The third-order valence-electron chi connectivity index (χ3n) is 5.56. The van der Waals surface area contributed by atoms with Gasteiger partial charge in [0.1, 0.15) is 0 Å². The van der Waals surface area contributed by atoms with Gasteiger partial charge in [-0.2, -0.15) is 0 Å². The number of piperidine rings is 1. The SMILES string of the molecule is O=C1NCc2c1cccc2C(=O)NCC1CCN(C(=O)c2ccccc2)CC1. The molecule has 0 radical (unpaired) electrons. The fourth-order valence-corrected chi connectivity index (χ4v) is 3.90. The minimum Gasteiger partial charge on any atom is -0.352 e. The van der Waals surface area contributed by atoms with Gasteiger partial charge in [-0.05, 0) is 48.6 Å². The lowest BCUT2D eigenvalue weighted by Gasteiger charge is -2.32. The molecule has 6 nitrogen and oxygen atoms in total. The van der Waals surface area contributed by atoms with Gasteiger partial charge in [-0.3, -0.25) is 14.4 Å². The van der Waals surface area contributed by atoms with E-state index in [9.17, 15) is 14.4 Å². The van der Waals surface area contributed by atoms with Gasteiger partial charge in [0, 0.05) is 42.9 Å². The molecule has 2 heterocycles. The molecule has 3 amide bonds. The summed E-state index contributed by atoms with van der Waals surface area (Å²) in [7, 11) is 0. The van der Waals surface area contributed by atoms with Crippen molar-refractivity contribution in [2.24, 2.45) is 5.92 Å². The number of nitrogens with zero attached hydrogens (tertiary/aromatic N) is 1. The summed E-state index contributed by atoms with van der Waals surface area (Å²) in [6.45, 7) is 2.38. The van der Waals surface area contributed by atoms with Crippen LogP contribution in [0.4, 0.5) is 0 Å². The second kappa shape index (κ2) is 7.84. The Morgan fingerprint density at radius 1 is 1.04 bits per heavy atom. The van der Waals surface area contributed by atoms with Gasteiger partial charge in [0.15, 0.2) is 0 Å². The largest absolute Gasteiger partial charge is 0.352 e. The quantitative estimate of drug-likeness (QED) is 0.858. The topological polar surface area (TPSA) is 78.5 Å². The lowest BCUT2D eigenvalue weighted by Crippen LogP contribution is -2.41. The molecule has 4 rings (SSSR count). The number of fused-ring (bicyclic) bond motifs is 1. The monoisotopic (exact) mass is 377 g/mol. The summed E-state index contributed by atoms with van der Waals surface area (Å²) in [4.78, 5) is 38.8. The van der Waals surface area contributed by atoms with E-state index in [2.05, 4.69) is 10.6 Å². The first-order chi connectivity index (χ1) is 13.6. The molecule has 0 bridgehead atoms. The van der Waals surface area contributed by atoms with Crippen molar-refractivity contribution in [2.45, 2.75) is 19.4 Å². The zero-order chi connectivity index (χ0) is 19.5. The van der Waals surface area contributed by atoms with Crippen LogP contribution in [-0.2, 0) is 6.54 Å². The Kier molecular flexibility index (Phi) is 5.10. The van der Waals surface area contributed by atoms with Crippen LogP contribution in [0.5, 0.6) is 0 Å². The molecule has 0 unspecified atom stereocenters. The Morgan fingerprint density at radius 2 is 1.79 bits per heavy atom. The summed E-state index contributed by atoms with van der Waals surface area (Å²) in [5.41, 5.74) is 2.64. The van der Waals surface area contributed by atoms with Gasteiger partial charge < -0.3 is 15.5 Å². The number of likely N-dealkylation sites (tertiary alicyclic amines) is 1. The summed E-state index contributed by atoms with van der Waals surface area (Å²) in [5, 5.41) is 5.77. The molecule has 2 aromatic carbocycles. The molecular weight excluding hydrogens is 354 g/mol. The van der Waals surface area contributed by atoms with E-state index in [4.69, 9.17) is 0 Å². The number of benzene rings is 2. The molecule has 0 atom stereocenters. The maximum Gasteiger partial charge on any atom is 0.253 e. The number of carbonyl (C=O) groups is 3. The highest BCUT2D eigenvalue weighted by atomic mass is 16.2. The van der Waals surface area contributed by atoms with Crippen LogP contribution < -0.4 is 10.6 Å². The van der Waals surface area contributed by atoms with Crippen molar-refractivity contribution in [2.75, 3.05) is 19.6 Å². The van der Waals surface area contributed by atoms with Gasteiger partial charge in [0.2, 0.25) is 0 Å². The Bertz CT molecular complexity index is 902. The lowest BCUT2D eigenvalue weighted by molar-refractivity contribution is 0.0684. The number of hydrogen-bond donors (Lipinski definition) is 2. The van der Waals surface area contributed by atoms with Gasteiger partial charge >= 0.3 is 0 Å². The van der Waals surface area contributed by atoms with E-state index < -0.39 is 0 Å². The molecule has 0 spiro atoms. The first kappa shape index (κ1) is 18.2. The molecule has 2 aromatic rings. The third kappa shape index (κ3) is 3.63. The second-order valence-corrected chi connectivity index (χ2v) is 7.33. The molecule has 1 fully saturated rings. The number of carbonyl (C=O) groups excluding carboxylic acids is 3. The second-order valence-electron chi connectivity index (χ2n) is 7.33. The Balaban J connectivity index is 1.30. The molecule has 28 heavy (non-hydrogen) atoms. The van der Waals surface area contributed by atoms with E-state index in [0.29, 0.717) is 43.2 Å². The predicted octanol–water partition coefficient (Wildman–Crippen LogP) is 2.21. The summed E-state index contributed by atoms with van der Waals surface area (Å²) < 4.78 is 0. The first-order valence-electron chi connectivity index (χ1n) is 9.66. The fraction of sp³-hybridized carbons (Fsp3) is 0.318. The minimum atomic E-state index is -0.142. The summed E-state index contributed by atoms with van der Waals surface area (Å²) in [6, 6.07) is 14.6. The number of nitrogens with one attached hydrogen (secondary N) is 2. The highest BCUT2D eigenvalue weighted by molar-refractivity contribution is 6.04. The van der Waals surface area contributed by atoms with Crippen LogP contribution >= 0.6 is 0 Å². The van der Waals surface area contributed by atoms with Crippen molar-refractivity contribution in [3.8, 4) is 0 Å². The van der Waals surface area contributed by atoms with Gasteiger partial charge in [0.05, 0.1) is 0 Å². The van der Waals surface area contributed by atoms with E-state index in [1.54, 1.807) is 18.2 Å². The smallest absolute Gasteiger partial charge is 0.253 e. The van der Waals surface area contributed by atoms with Crippen LogP contribution in [0.1, 0.15) is 49.5 Å². The Morgan fingerprint density at radius 3 is 2.54 bits per heavy atom. The predicted molar refractivity (Wildman–Crippen MR) is 105 cm³/mol.